The van der Waals surface area contributed by atoms with Crippen LogP contribution in [0, 0.1) is 6.92 Å². The molecule has 260 valence electrons. The molecule has 5 rings (SSSR count). The first-order chi connectivity index (χ1) is 23.2. The van der Waals surface area contributed by atoms with Crippen molar-refractivity contribution in [1.82, 2.24) is 34.3 Å². The van der Waals surface area contributed by atoms with Gasteiger partial charge in [0.15, 0.2) is 5.65 Å². The summed E-state index contributed by atoms with van der Waals surface area (Å²) in [7, 11) is 3.94. The number of piperazine rings is 1. The fraction of sp³-hybridized carbons (Fsp3) is 0.444. The lowest BCUT2D eigenvalue weighted by atomic mass is 10.0. The Balaban J connectivity index is 1.83. The molecule has 0 bridgehead atoms. The number of nitrogens with two attached hydrogens (primary N) is 1. The molecule has 4 heterocycles. The Kier molecular flexibility index (Phi) is 10.6. The Labute approximate surface area is 292 Å². The quantitative estimate of drug-likeness (QED) is 0.175. The maximum absolute atomic E-state index is 14.5. The summed E-state index contributed by atoms with van der Waals surface area (Å²) in [6, 6.07) is 7.53. The molecule has 49 heavy (non-hydrogen) atoms. The van der Waals surface area contributed by atoms with Gasteiger partial charge in [0.05, 0.1) is 33.2 Å². The normalized spacial score (nSPS) is 15.1. The second-order valence-electron chi connectivity index (χ2n) is 13.4. The van der Waals surface area contributed by atoms with Crippen LogP contribution < -0.4 is 21.1 Å². The largest absolute Gasteiger partial charge is 0.462 e. The van der Waals surface area contributed by atoms with Crippen molar-refractivity contribution in [2.75, 3.05) is 57.5 Å². The SMILES string of the molecule is C=CC(=O)N1CCN(c2nc(=O)n(-c3c(C(C)C)nc(OCCN(C)C)nc3C(C)C)c3nc(-c4c(C)cccc4N)c(Cl)cc23)[C@@H](C)C1. The van der Waals surface area contributed by atoms with E-state index in [2.05, 4.69) is 6.58 Å². The van der Waals surface area contributed by atoms with E-state index in [0.29, 0.717) is 88.7 Å². The zero-order valence-electron chi connectivity index (χ0n) is 29.6. The van der Waals surface area contributed by atoms with Crippen LogP contribution in [-0.2, 0) is 4.79 Å². The first kappa shape index (κ1) is 35.7. The van der Waals surface area contributed by atoms with Crippen LogP contribution in [0.5, 0.6) is 6.01 Å². The van der Waals surface area contributed by atoms with Crippen molar-refractivity contribution in [1.29, 1.82) is 0 Å². The van der Waals surface area contributed by atoms with Gasteiger partial charge in [-0.1, -0.05) is 58.0 Å². The minimum absolute atomic E-state index is 0.109. The molecule has 1 amide bonds. The fourth-order valence-electron chi connectivity index (χ4n) is 6.20. The van der Waals surface area contributed by atoms with Gasteiger partial charge in [0.25, 0.3) is 0 Å². The molecule has 13 heteroatoms. The number of pyridine rings is 1. The number of carbonyl (C=O) groups excluding carboxylic acids is 1. The Bertz CT molecular complexity index is 1910. The predicted octanol–water partition coefficient (Wildman–Crippen LogP) is 5.19. The molecule has 12 nitrogen and oxygen atoms in total. The number of hydrogen-bond acceptors (Lipinski definition) is 10. The minimum Gasteiger partial charge on any atom is -0.462 e. The standard InChI is InChI=1S/C36H46ClN9O3/c1-10-27(47)44-14-15-45(23(7)19-44)33-24-18-25(37)31(28-22(6)12-11-13-26(28)38)39-34(24)46(36(48)42-33)32-29(20(2)3)40-35(41-30(32)21(4)5)49-17-16-43(8)9/h10-13,18,20-21,23H,1,14-17,19,38H2,2-9H3/t23-/m0/s1. The number of hydrogen-bond donors (Lipinski definition) is 1. The van der Waals surface area contributed by atoms with Gasteiger partial charge in [-0.2, -0.15) is 15.0 Å². The van der Waals surface area contributed by atoms with E-state index in [1.165, 1.54) is 10.6 Å². The van der Waals surface area contributed by atoms with Gasteiger partial charge in [0.1, 0.15) is 12.4 Å². The number of rotatable bonds is 10. The molecule has 1 aliphatic heterocycles. The number of aryl methyl sites for hydroxylation is 1. The maximum atomic E-state index is 14.5. The number of nitrogen functional groups attached to an aromatic ring is 1. The van der Waals surface area contributed by atoms with Crippen LogP contribution >= 0.6 is 11.6 Å². The van der Waals surface area contributed by atoms with E-state index < -0.39 is 5.69 Å². The molecule has 1 atom stereocenters. The predicted molar refractivity (Wildman–Crippen MR) is 196 cm³/mol. The molecular weight excluding hydrogens is 642 g/mol. The van der Waals surface area contributed by atoms with Crippen molar-refractivity contribution in [3.05, 3.63) is 69.4 Å². The highest BCUT2D eigenvalue weighted by Crippen LogP contribution is 2.39. The summed E-state index contributed by atoms with van der Waals surface area (Å²) in [5.74, 6) is 0.0848. The zero-order valence-corrected chi connectivity index (χ0v) is 30.4. The molecule has 2 N–H and O–H groups in total. The van der Waals surface area contributed by atoms with Crippen molar-refractivity contribution >= 4 is 40.0 Å². The van der Waals surface area contributed by atoms with Crippen molar-refractivity contribution in [3.63, 3.8) is 0 Å². The Hall–Kier alpha value is -4.55. The van der Waals surface area contributed by atoms with Crippen LogP contribution in [0.25, 0.3) is 28.0 Å². The fourth-order valence-corrected chi connectivity index (χ4v) is 6.45. The molecule has 4 aromatic rings. The molecule has 0 spiro atoms. The molecule has 1 fully saturated rings. The van der Waals surface area contributed by atoms with Crippen LogP contribution in [0.15, 0.2) is 41.7 Å². The number of aromatic nitrogens is 5. The van der Waals surface area contributed by atoms with E-state index in [0.717, 1.165) is 5.56 Å². The summed E-state index contributed by atoms with van der Waals surface area (Å²) in [6.45, 7) is 18.1. The third-order valence-electron chi connectivity index (χ3n) is 8.73. The van der Waals surface area contributed by atoms with E-state index in [-0.39, 0.29) is 29.8 Å². The molecule has 0 saturated carbocycles. The molecule has 1 aliphatic rings. The number of nitrogens with zero attached hydrogens (tertiary/aromatic N) is 8. The highest BCUT2D eigenvalue weighted by Gasteiger charge is 2.32. The van der Waals surface area contributed by atoms with Crippen LogP contribution in [0.4, 0.5) is 11.5 Å². The Morgan fingerprint density at radius 2 is 1.80 bits per heavy atom. The van der Waals surface area contributed by atoms with Gasteiger partial charge in [-0.15, -0.1) is 0 Å². The van der Waals surface area contributed by atoms with Crippen molar-refractivity contribution in [2.24, 2.45) is 0 Å². The highest BCUT2D eigenvalue weighted by atomic mass is 35.5. The highest BCUT2D eigenvalue weighted by molar-refractivity contribution is 6.34. The third-order valence-corrected chi connectivity index (χ3v) is 9.02. The summed E-state index contributed by atoms with van der Waals surface area (Å²) < 4.78 is 7.53. The number of benzene rings is 1. The number of halogens is 1. The smallest absolute Gasteiger partial charge is 0.355 e. The monoisotopic (exact) mass is 687 g/mol. The summed E-state index contributed by atoms with van der Waals surface area (Å²) >= 11 is 7.05. The first-order valence-corrected chi connectivity index (χ1v) is 17.0. The van der Waals surface area contributed by atoms with Gasteiger partial charge in [-0.3, -0.25) is 4.79 Å². The number of likely N-dealkylation sites (N-methyl/N-ethyl adjacent to an activating group) is 1. The summed E-state index contributed by atoms with van der Waals surface area (Å²) in [5.41, 5.74) is 10.6. The van der Waals surface area contributed by atoms with E-state index in [1.54, 1.807) is 17.0 Å². The van der Waals surface area contributed by atoms with Crippen molar-refractivity contribution in [3.8, 4) is 23.0 Å². The number of carbonyl (C=O) groups is 1. The van der Waals surface area contributed by atoms with Crippen LogP contribution in [0.3, 0.4) is 0 Å². The van der Waals surface area contributed by atoms with Crippen molar-refractivity contribution < 1.29 is 9.53 Å². The number of amides is 1. The molecule has 1 saturated heterocycles. The van der Waals surface area contributed by atoms with E-state index in [9.17, 15) is 9.59 Å². The van der Waals surface area contributed by atoms with E-state index in [1.807, 2.05) is 77.6 Å². The van der Waals surface area contributed by atoms with Gasteiger partial charge in [0.2, 0.25) is 5.91 Å². The van der Waals surface area contributed by atoms with Gasteiger partial charge >= 0.3 is 11.7 Å². The molecule has 1 aromatic carbocycles. The molecule has 0 aliphatic carbocycles. The summed E-state index contributed by atoms with van der Waals surface area (Å²) in [4.78, 5) is 52.3. The van der Waals surface area contributed by atoms with Crippen molar-refractivity contribution in [2.45, 2.75) is 59.4 Å². The van der Waals surface area contributed by atoms with Crippen LogP contribution in [0.1, 0.15) is 63.4 Å². The average molecular weight is 688 g/mol. The van der Waals surface area contributed by atoms with Crippen LogP contribution in [-0.4, -0.2) is 93.1 Å². The number of fused-ring (bicyclic) bond motifs is 1. The van der Waals surface area contributed by atoms with Gasteiger partial charge in [0, 0.05) is 43.5 Å². The zero-order chi connectivity index (χ0) is 35.7. The lowest BCUT2D eigenvalue weighted by Gasteiger charge is -2.40. The van der Waals surface area contributed by atoms with E-state index >= 15 is 0 Å². The van der Waals surface area contributed by atoms with E-state index in [4.69, 9.17) is 42.0 Å². The summed E-state index contributed by atoms with van der Waals surface area (Å²) in [6.07, 6.45) is 1.32. The molecule has 0 radical (unpaired) electrons. The summed E-state index contributed by atoms with van der Waals surface area (Å²) in [5, 5.41) is 0.940. The topological polar surface area (TPSA) is 136 Å². The Morgan fingerprint density at radius 1 is 1.12 bits per heavy atom. The lowest BCUT2D eigenvalue weighted by molar-refractivity contribution is -0.126. The van der Waals surface area contributed by atoms with Gasteiger partial charge < -0.3 is 25.2 Å². The maximum Gasteiger partial charge on any atom is 0.355 e. The molecule has 3 aromatic heterocycles. The molecular formula is C36H46ClN9O3. The van der Waals surface area contributed by atoms with Crippen LogP contribution in [0.2, 0.25) is 5.02 Å². The Morgan fingerprint density at radius 3 is 2.37 bits per heavy atom. The second kappa shape index (κ2) is 14.5. The minimum atomic E-state index is -0.536. The van der Waals surface area contributed by atoms with Gasteiger partial charge in [-0.05, 0) is 63.6 Å². The van der Waals surface area contributed by atoms with Gasteiger partial charge in [-0.25, -0.2) is 14.3 Å². The number of anilines is 2. The number of ether oxygens (including phenoxy) is 1. The second-order valence-corrected chi connectivity index (χ2v) is 13.8. The lowest BCUT2D eigenvalue weighted by Crippen LogP contribution is -2.54. The third kappa shape index (κ3) is 7.11. The first-order valence-electron chi connectivity index (χ1n) is 16.6. The molecule has 0 unspecified atom stereocenters. The average Bonchev–Trinajstić information content (AvgIpc) is 3.04.